The van der Waals surface area contributed by atoms with Gasteiger partial charge in [-0.15, -0.1) is 0 Å². The fourth-order valence-electron chi connectivity index (χ4n) is 3.67. The Morgan fingerprint density at radius 1 is 1.21 bits per heavy atom. The fraction of sp³-hybridized carbons (Fsp3) is 0.400. The van der Waals surface area contributed by atoms with Crippen LogP contribution in [0.4, 0.5) is 5.95 Å². The van der Waals surface area contributed by atoms with Gasteiger partial charge in [0, 0.05) is 32.5 Å². The number of rotatable bonds is 6. The molecule has 0 radical (unpaired) electrons. The summed E-state index contributed by atoms with van der Waals surface area (Å²) in [7, 11) is 2.06. The number of piperidine rings is 1. The van der Waals surface area contributed by atoms with Gasteiger partial charge >= 0.3 is 5.97 Å². The molecule has 2 aromatic heterocycles. The van der Waals surface area contributed by atoms with E-state index in [0.717, 1.165) is 55.9 Å². The Labute approximate surface area is 163 Å². The van der Waals surface area contributed by atoms with Gasteiger partial charge in [-0.3, -0.25) is 0 Å². The number of carbonyl (C=O) groups is 1. The number of hydrogen-bond acceptors (Lipinski definition) is 6. The van der Waals surface area contributed by atoms with E-state index in [0.29, 0.717) is 11.9 Å². The average Bonchev–Trinajstić information content (AvgIpc) is 3.05. The van der Waals surface area contributed by atoms with Crippen LogP contribution in [0.5, 0.6) is 0 Å². The van der Waals surface area contributed by atoms with Crippen LogP contribution in [-0.2, 0) is 13.6 Å². The van der Waals surface area contributed by atoms with Gasteiger partial charge in [0.25, 0.3) is 0 Å². The molecule has 28 heavy (non-hydrogen) atoms. The lowest BCUT2D eigenvalue weighted by Gasteiger charge is -2.32. The van der Waals surface area contributed by atoms with Crippen molar-refractivity contribution < 1.29 is 9.90 Å². The highest BCUT2D eigenvalue weighted by Gasteiger charge is 2.21. The van der Waals surface area contributed by atoms with E-state index in [1.54, 1.807) is 0 Å². The molecular weight excluding hydrogens is 356 g/mol. The maximum absolute atomic E-state index is 10.9. The number of hydrogen-bond donors (Lipinski definition) is 2. The standard InChI is InChI=1S/C20H24N6O2/c1-25-17-5-3-2-4-16(17)24-18(25)13-21-10-14-6-8-26(9-7-14)20-22-11-15(12-23-20)19(27)28/h2-5,11-12,14,21H,6-10,13H2,1H3,(H,27,28). The minimum absolute atomic E-state index is 0.116. The predicted octanol–water partition coefficient (Wildman–Crippen LogP) is 2.07. The number of nitrogens with zero attached hydrogens (tertiary/aromatic N) is 5. The van der Waals surface area contributed by atoms with E-state index >= 15 is 0 Å². The molecule has 1 aliphatic heterocycles. The van der Waals surface area contributed by atoms with Gasteiger partial charge in [-0.2, -0.15) is 0 Å². The van der Waals surface area contributed by atoms with Crippen LogP contribution in [0.15, 0.2) is 36.7 Å². The molecule has 0 bridgehead atoms. The van der Waals surface area contributed by atoms with E-state index < -0.39 is 5.97 Å². The van der Waals surface area contributed by atoms with Crippen molar-refractivity contribution in [3.8, 4) is 0 Å². The predicted molar refractivity (Wildman–Crippen MR) is 106 cm³/mol. The summed E-state index contributed by atoms with van der Waals surface area (Å²) in [4.78, 5) is 26.1. The van der Waals surface area contributed by atoms with Crippen molar-refractivity contribution in [2.24, 2.45) is 13.0 Å². The molecule has 2 N–H and O–H groups in total. The Balaban J connectivity index is 1.26. The highest BCUT2D eigenvalue weighted by molar-refractivity contribution is 5.86. The van der Waals surface area contributed by atoms with Crippen molar-refractivity contribution in [2.75, 3.05) is 24.5 Å². The summed E-state index contributed by atoms with van der Waals surface area (Å²) in [6.45, 7) is 3.47. The van der Waals surface area contributed by atoms with Crippen molar-refractivity contribution in [3.05, 3.63) is 48.0 Å². The number of fused-ring (bicyclic) bond motifs is 1. The lowest BCUT2D eigenvalue weighted by molar-refractivity contribution is 0.0696. The number of aromatic carboxylic acids is 1. The van der Waals surface area contributed by atoms with Crippen molar-refractivity contribution in [1.82, 2.24) is 24.8 Å². The molecule has 0 unspecified atom stereocenters. The Bertz CT molecular complexity index is 960. The molecule has 0 spiro atoms. The van der Waals surface area contributed by atoms with Crippen LogP contribution in [0.2, 0.25) is 0 Å². The maximum atomic E-state index is 10.9. The lowest BCUT2D eigenvalue weighted by atomic mass is 9.97. The molecule has 0 aliphatic carbocycles. The minimum Gasteiger partial charge on any atom is -0.478 e. The molecule has 4 rings (SSSR count). The summed E-state index contributed by atoms with van der Waals surface area (Å²) in [5, 5.41) is 12.5. The van der Waals surface area contributed by atoms with Crippen LogP contribution in [0.1, 0.15) is 29.0 Å². The first-order valence-corrected chi connectivity index (χ1v) is 9.53. The number of aryl methyl sites for hydroxylation is 1. The first-order chi connectivity index (χ1) is 13.6. The van der Waals surface area contributed by atoms with Crippen LogP contribution in [0.25, 0.3) is 11.0 Å². The van der Waals surface area contributed by atoms with E-state index in [4.69, 9.17) is 10.1 Å². The normalized spacial score (nSPS) is 15.2. The lowest BCUT2D eigenvalue weighted by Crippen LogP contribution is -2.38. The van der Waals surface area contributed by atoms with Gasteiger partial charge in [0.15, 0.2) is 0 Å². The summed E-state index contributed by atoms with van der Waals surface area (Å²) in [5.74, 6) is 1.25. The van der Waals surface area contributed by atoms with Crippen molar-refractivity contribution >= 4 is 23.0 Å². The fourth-order valence-corrected chi connectivity index (χ4v) is 3.67. The van der Waals surface area contributed by atoms with Crippen molar-refractivity contribution in [1.29, 1.82) is 0 Å². The first kappa shape index (κ1) is 18.4. The number of carboxylic acid groups (broad SMARTS) is 1. The number of benzene rings is 1. The van der Waals surface area contributed by atoms with Gasteiger partial charge in [0.2, 0.25) is 5.95 Å². The Morgan fingerprint density at radius 3 is 2.61 bits per heavy atom. The topological polar surface area (TPSA) is 96.2 Å². The highest BCUT2D eigenvalue weighted by Crippen LogP contribution is 2.20. The van der Waals surface area contributed by atoms with Crippen molar-refractivity contribution in [2.45, 2.75) is 19.4 Å². The largest absolute Gasteiger partial charge is 0.478 e. The van der Waals surface area contributed by atoms with Gasteiger partial charge in [-0.25, -0.2) is 19.7 Å². The average molecular weight is 380 g/mol. The highest BCUT2D eigenvalue weighted by atomic mass is 16.4. The second-order valence-electron chi connectivity index (χ2n) is 7.21. The third-order valence-corrected chi connectivity index (χ3v) is 5.38. The molecule has 1 saturated heterocycles. The van der Waals surface area contributed by atoms with E-state index in [9.17, 15) is 4.79 Å². The number of para-hydroxylation sites is 2. The zero-order chi connectivity index (χ0) is 19.5. The summed E-state index contributed by atoms with van der Waals surface area (Å²) < 4.78 is 2.14. The summed E-state index contributed by atoms with van der Waals surface area (Å²) in [6.07, 6.45) is 4.85. The van der Waals surface area contributed by atoms with Crippen LogP contribution in [0, 0.1) is 5.92 Å². The van der Waals surface area contributed by atoms with E-state index in [-0.39, 0.29) is 5.56 Å². The van der Waals surface area contributed by atoms with Crippen molar-refractivity contribution in [3.63, 3.8) is 0 Å². The molecule has 8 nitrogen and oxygen atoms in total. The quantitative estimate of drug-likeness (QED) is 0.676. The molecule has 146 valence electrons. The first-order valence-electron chi connectivity index (χ1n) is 9.53. The Hall–Kier alpha value is -3.00. The van der Waals surface area contributed by atoms with E-state index in [1.165, 1.54) is 12.4 Å². The van der Waals surface area contributed by atoms with E-state index in [1.807, 2.05) is 18.2 Å². The molecule has 0 atom stereocenters. The molecule has 0 amide bonds. The molecule has 3 heterocycles. The summed E-state index contributed by atoms with van der Waals surface area (Å²) >= 11 is 0. The van der Waals surface area contributed by atoms with Gasteiger partial charge in [-0.05, 0) is 37.4 Å². The van der Waals surface area contributed by atoms with Crippen LogP contribution < -0.4 is 10.2 Å². The Morgan fingerprint density at radius 2 is 1.93 bits per heavy atom. The van der Waals surface area contributed by atoms with Crippen LogP contribution in [0.3, 0.4) is 0 Å². The smallest absolute Gasteiger partial charge is 0.338 e. The Kier molecular flexibility index (Phi) is 5.21. The number of imidazole rings is 1. The van der Waals surface area contributed by atoms with E-state index in [2.05, 4.69) is 37.9 Å². The van der Waals surface area contributed by atoms with Crippen LogP contribution >= 0.6 is 0 Å². The molecular formula is C20H24N6O2. The number of aromatic nitrogens is 4. The molecule has 3 aromatic rings. The molecule has 1 aromatic carbocycles. The van der Waals surface area contributed by atoms with Gasteiger partial charge in [0.05, 0.1) is 23.1 Å². The van der Waals surface area contributed by atoms with Gasteiger partial charge in [-0.1, -0.05) is 12.1 Å². The minimum atomic E-state index is -1.00. The number of nitrogens with one attached hydrogen (secondary N) is 1. The second-order valence-corrected chi connectivity index (χ2v) is 7.21. The zero-order valence-corrected chi connectivity index (χ0v) is 15.9. The third kappa shape index (κ3) is 3.82. The monoisotopic (exact) mass is 380 g/mol. The van der Waals surface area contributed by atoms with Gasteiger partial charge < -0.3 is 19.9 Å². The summed E-state index contributed by atoms with van der Waals surface area (Å²) in [6, 6.07) is 8.18. The molecule has 0 saturated carbocycles. The number of anilines is 1. The number of carboxylic acids is 1. The summed E-state index contributed by atoms with van der Waals surface area (Å²) in [5.41, 5.74) is 2.30. The van der Waals surface area contributed by atoms with Gasteiger partial charge in [0.1, 0.15) is 5.82 Å². The second kappa shape index (κ2) is 7.93. The zero-order valence-electron chi connectivity index (χ0n) is 15.9. The van der Waals surface area contributed by atoms with Crippen LogP contribution in [-0.4, -0.2) is 50.2 Å². The third-order valence-electron chi connectivity index (χ3n) is 5.38. The molecule has 1 aliphatic rings. The molecule has 1 fully saturated rings. The molecule has 8 heteroatoms. The maximum Gasteiger partial charge on any atom is 0.338 e. The SMILES string of the molecule is Cn1c(CNCC2CCN(c3ncc(C(=O)O)cn3)CC2)nc2ccccc21.